The summed E-state index contributed by atoms with van der Waals surface area (Å²) in [7, 11) is -3.42. The van der Waals surface area contributed by atoms with E-state index in [1.165, 1.54) is 0 Å². The van der Waals surface area contributed by atoms with Gasteiger partial charge in [0.05, 0.1) is 6.33 Å². The Balaban J connectivity index is 1.79. The molecule has 2 aliphatic heterocycles. The molecule has 112 valence electrons. The van der Waals surface area contributed by atoms with E-state index in [0.29, 0.717) is 13.1 Å². The first kappa shape index (κ1) is 14.0. The molecule has 1 aromatic heterocycles. The van der Waals surface area contributed by atoms with Crippen molar-refractivity contribution in [1.82, 2.24) is 19.2 Å². The minimum atomic E-state index is -3.42. The SMILES string of the molecule is CCn1cnc(S(=O)(=O)N2CCC3(CCNCC3)C2)c1. The van der Waals surface area contributed by atoms with Gasteiger partial charge in [0.25, 0.3) is 10.0 Å². The molecule has 2 aliphatic rings. The highest BCUT2D eigenvalue weighted by Gasteiger charge is 2.43. The number of hydrogen-bond donors (Lipinski definition) is 1. The summed E-state index contributed by atoms with van der Waals surface area (Å²) in [5.74, 6) is 0. The van der Waals surface area contributed by atoms with Gasteiger partial charge in [0, 0.05) is 25.8 Å². The van der Waals surface area contributed by atoms with Gasteiger partial charge in [-0.05, 0) is 44.7 Å². The van der Waals surface area contributed by atoms with Crippen molar-refractivity contribution in [2.45, 2.75) is 37.8 Å². The van der Waals surface area contributed by atoms with E-state index >= 15 is 0 Å². The highest BCUT2D eigenvalue weighted by Crippen LogP contribution is 2.40. The Morgan fingerprint density at radius 3 is 2.75 bits per heavy atom. The minimum Gasteiger partial charge on any atom is -0.336 e. The zero-order chi connectivity index (χ0) is 14.2. The second kappa shape index (κ2) is 5.13. The average molecular weight is 298 g/mol. The number of rotatable bonds is 3. The lowest BCUT2D eigenvalue weighted by Gasteiger charge is -2.33. The van der Waals surface area contributed by atoms with E-state index in [9.17, 15) is 8.42 Å². The molecule has 3 heterocycles. The maximum Gasteiger partial charge on any atom is 0.262 e. The van der Waals surface area contributed by atoms with Gasteiger partial charge in [-0.3, -0.25) is 0 Å². The van der Waals surface area contributed by atoms with Crippen molar-refractivity contribution in [1.29, 1.82) is 0 Å². The molecule has 0 atom stereocenters. The summed E-state index contributed by atoms with van der Waals surface area (Å²) >= 11 is 0. The summed E-state index contributed by atoms with van der Waals surface area (Å²) in [6, 6.07) is 0. The van der Waals surface area contributed by atoms with Crippen molar-refractivity contribution in [3.63, 3.8) is 0 Å². The normalized spacial score (nSPS) is 23.4. The topological polar surface area (TPSA) is 67.2 Å². The third-order valence-electron chi connectivity index (χ3n) is 4.65. The molecule has 0 aromatic carbocycles. The zero-order valence-electron chi connectivity index (χ0n) is 11.9. The maximum atomic E-state index is 12.6. The average Bonchev–Trinajstić information content (AvgIpc) is 3.07. The van der Waals surface area contributed by atoms with E-state index in [-0.39, 0.29) is 10.4 Å². The lowest BCUT2D eigenvalue weighted by atomic mass is 9.78. The molecular weight excluding hydrogens is 276 g/mol. The Morgan fingerprint density at radius 1 is 1.35 bits per heavy atom. The van der Waals surface area contributed by atoms with E-state index in [2.05, 4.69) is 10.3 Å². The zero-order valence-corrected chi connectivity index (χ0v) is 12.7. The summed E-state index contributed by atoms with van der Waals surface area (Å²) in [4.78, 5) is 4.06. The van der Waals surface area contributed by atoms with Gasteiger partial charge >= 0.3 is 0 Å². The molecule has 20 heavy (non-hydrogen) atoms. The molecule has 0 radical (unpaired) electrons. The van der Waals surface area contributed by atoms with E-state index in [4.69, 9.17) is 0 Å². The van der Waals surface area contributed by atoms with Crippen LogP contribution < -0.4 is 5.32 Å². The lowest BCUT2D eigenvalue weighted by molar-refractivity contribution is 0.218. The summed E-state index contributed by atoms with van der Waals surface area (Å²) < 4.78 is 28.7. The highest BCUT2D eigenvalue weighted by molar-refractivity contribution is 7.89. The standard InChI is InChI=1S/C13H22N4O2S/c1-2-16-9-12(15-11-16)20(18,19)17-8-5-13(10-17)3-6-14-7-4-13/h9,11,14H,2-8,10H2,1H3. The summed E-state index contributed by atoms with van der Waals surface area (Å²) in [5, 5.41) is 3.53. The number of aryl methyl sites for hydroxylation is 1. The van der Waals surface area contributed by atoms with Crippen molar-refractivity contribution < 1.29 is 8.42 Å². The smallest absolute Gasteiger partial charge is 0.262 e. The van der Waals surface area contributed by atoms with Crippen LogP contribution in [-0.4, -0.2) is 48.5 Å². The molecule has 6 nitrogen and oxygen atoms in total. The maximum absolute atomic E-state index is 12.6. The van der Waals surface area contributed by atoms with Gasteiger partial charge < -0.3 is 9.88 Å². The number of nitrogens with zero attached hydrogens (tertiary/aromatic N) is 3. The van der Waals surface area contributed by atoms with Gasteiger partial charge in [-0.25, -0.2) is 13.4 Å². The molecule has 0 bridgehead atoms. The van der Waals surface area contributed by atoms with E-state index < -0.39 is 10.0 Å². The number of piperidine rings is 1. The molecule has 0 aliphatic carbocycles. The number of nitrogens with one attached hydrogen (secondary N) is 1. The Kier molecular flexibility index (Phi) is 3.60. The molecule has 0 unspecified atom stereocenters. The molecule has 1 spiro atoms. The van der Waals surface area contributed by atoms with Crippen LogP contribution in [0.2, 0.25) is 0 Å². The Morgan fingerprint density at radius 2 is 2.10 bits per heavy atom. The molecule has 0 saturated carbocycles. The van der Waals surface area contributed by atoms with Crippen LogP contribution in [0, 0.1) is 5.41 Å². The van der Waals surface area contributed by atoms with Crippen molar-refractivity contribution >= 4 is 10.0 Å². The second-order valence-electron chi connectivity index (χ2n) is 5.88. The lowest BCUT2D eigenvalue weighted by Crippen LogP contribution is -2.39. The van der Waals surface area contributed by atoms with Crippen molar-refractivity contribution in [3.05, 3.63) is 12.5 Å². The number of sulfonamides is 1. The first-order valence-corrected chi connectivity index (χ1v) is 8.72. The van der Waals surface area contributed by atoms with Crippen LogP contribution in [0.4, 0.5) is 0 Å². The first-order valence-electron chi connectivity index (χ1n) is 7.28. The molecule has 1 aromatic rings. The van der Waals surface area contributed by atoms with Gasteiger partial charge in [-0.2, -0.15) is 4.31 Å². The number of hydrogen-bond acceptors (Lipinski definition) is 4. The third-order valence-corrected chi connectivity index (χ3v) is 6.38. The largest absolute Gasteiger partial charge is 0.336 e. The van der Waals surface area contributed by atoms with Crippen LogP contribution in [0.25, 0.3) is 0 Å². The third kappa shape index (κ3) is 2.38. The fourth-order valence-electron chi connectivity index (χ4n) is 3.24. The quantitative estimate of drug-likeness (QED) is 0.890. The molecule has 3 rings (SSSR count). The van der Waals surface area contributed by atoms with Gasteiger partial charge in [0.15, 0.2) is 5.03 Å². The molecular formula is C13H22N4O2S. The summed E-state index contributed by atoms with van der Waals surface area (Å²) in [6.45, 7) is 5.98. The van der Waals surface area contributed by atoms with E-state index in [1.54, 1.807) is 21.4 Å². The van der Waals surface area contributed by atoms with Gasteiger partial charge in [-0.1, -0.05) is 0 Å². The first-order chi connectivity index (χ1) is 9.56. The molecule has 1 N–H and O–H groups in total. The van der Waals surface area contributed by atoms with Gasteiger partial charge in [0.2, 0.25) is 0 Å². The molecule has 0 amide bonds. The van der Waals surface area contributed by atoms with Crippen LogP contribution in [-0.2, 0) is 16.6 Å². The fraction of sp³-hybridized carbons (Fsp3) is 0.769. The van der Waals surface area contributed by atoms with E-state index in [1.807, 2.05) is 6.92 Å². The summed E-state index contributed by atoms with van der Waals surface area (Å²) in [5.41, 5.74) is 0.186. The van der Waals surface area contributed by atoms with Crippen molar-refractivity contribution in [2.75, 3.05) is 26.2 Å². The molecule has 7 heteroatoms. The van der Waals surface area contributed by atoms with Crippen LogP contribution in [0.5, 0.6) is 0 Å². The molecule has 2 fully saturated rings. The Labute approximate surface area is 120 Å². The van der Waals surface area contributed by atoms with Crippen molar-refractivity contribution in [2.24, 2.45) is 5.41 Å². The predicted octanol–water partition coefficient (Wildman–Crippen LogP) is 0.667. The Hall–Kier alpha value is -0.920. The number of aromatic nitrogens is 2. The van der Waals surface area contributed by atoms with Crippen LogP contribution in [0.1, 0.15) is 26.2 Å². The predicted molar refractivity (Wildman–Crippen MR) is 75.8 cm³/mol. The monoisotopic (exact) mass is 298 g/mol. The minimum absolute atomic E-state index is 0.185. The van der Waals surface area contributed by atoms with Gasteiger partial charge in [-0.15, -0.1) is 0 Å². The van der Waals surface area contributed by atoms with Gasteiger partial charge in [0.1, 0.15) is 0 Å². The molecule has 2 saturated heterocycles. The van der Waals surface area contributed by atoms with E-state index in [0.717, 1.165) is 38.9 Å². The number of imidazole rings is 1. The van der Waals surface area contributed by atoms with Crippen LogP contribution in [0.3, 0.4) is 0 Å². The second-order valence-corrected chi connectivity index (χ2v) is 7.77. The fourth-order valence-corrected chi connectivity index (χ4v) is 4.73. The van der Waals surface area contributed by atoms with Crippen LogP contribution in [0.15, 0.2) is 17.6 Å². The highest BCUT2D eigenvalue weighted by atomic mass is 32.2. The Bertz CT molecular complexity index is 575. The summed E-state index contributed by atoms with van der Waals surface area (Å²) in [6.07, 6.45) is 6.33. The van der Waals surface area contributed by atoms with Crippen molar-refractivity contribution in [3.8, 4) is 0 Å². The van der Waals surface area contributed by atoms with Crippen LogP contribution >= 0.6 is 0 Å².